The molecule has 5 nitrogen and oxygen atoms in total. The Labute approximate surface area is 123 Å². The van der Waals surface area contributed by atoms with Gasteiger partial charge < -0.3 is 20.5 Å². The SMILES string of the molecule is C=CCNC(N)=NCc1ccc2c(c1)OCO2.I. The number of nitrogens with one attached hydrogen (secondary N) is 1. The fraction of sp³-hybridized carbons (Fsp3) is 0.250. The summed E-state index contributed by atoms with van der Waals surface area (Å²) in [6, 6.07) is 5.73. The van der Waals surface area contributed by atoms with Gasteiger partial charge in [-0.25, -0.2) is 4.99 Å². The summed E-state index contributed by atoms with van der Waals surface area (Å²) in [6.45, 7) is 4.98. The summed E-state index contributed by atoms with van der Waals surface area (Å²) in [5.74, 6) is 1.94. The van der Waals surface area contributed by atoms with E-state index in [1.165, 1.54) is 0 Å². The van der Waals surface area contributed by atoms with E-state index in [-0.39, 0.29) is 30.8 Å². The van der Waals surface area contributed by atoms with Gasteiger partial charge in [0.25, 0.3) is 0 Å². The summed E-state index contributed by atoms with van der Waals surface area (Å²) < 4.78 is 10.5. The molecule has 2 rings (SSSR count). The number of ether oxygens (including phenoxy) is 2. The number of aliphatic imine (C=N–C) groups is 1. The zero-order valence-electron chi connectivity index (χ0n) is 9.89. The molecule has 0 saturated carbocycles. The average Bonchev–Trinajstić information content (AvgIpc) is 2.81. The van der Waals surface area contributed by atoms with E-state index in [9.17, 15) is 0 Å². The predicted octanol–water partition coefficient (Wildman–Crippen LogP) is 1.62. The van der Waals surface area contributed by atoms with Crippen LogP contribution in [-0.2, 0) is 6.54 Å². The van der Waals surface area contributed by atoms with Crippen molar-refractivity contribution in [3.05, 3.63) is 36.4 Å². The molecule has 0 unspecified atom stereocenters. The largest absolute Gasteiger partial charge is 0.454 e. The molecule has 0 spiro atoms. The average molecular weight is 361 g/mol. The highest BCUT2D eigenvalue weighted by Crippen LogP contribution is 2.32. The van der Waals surface area contributed by atoms with Gasteiger partial charge in [0, 0.05) is 6.54 Å². The van der Waals surface area contributed by atoms with Crippen molar-refractivity contribution in [1.82, 2.24) is 5.32 Å². The van der Waals surface area contributed by atoms with Crippen LogP contribution in [0.2, 0.25) is 0 Å². The lowest BCUT2D eigenvalue weighted by Gasteiger charge is -2.03. The Morgan fingerprint density at radius 2 is 2.22 bits per heavy atom. The van der Waals surface area contributed by atoms with Crippen molar-refractivity contribution in [2.24, 2.45) is 10.7 Å². The van der Waals surface area contributed by atoms with E-state index in [1.54, 1.807) is 6.08 Å². The van der Waals surface area contributed by atoms with E-state index in [0.29, 0.717) is 19.0 Å². The fourth-order valence-electron chi connectivity index (χ4n) is 1.45. The van der Waals surface area contributed by atoms with Crippen LogP contribution in [0.5, 0.6) is 11.5 Å². The molecule has 0 amide bonds. The van der Waals surface area contributed by atoms with Gasteiger partial charge in [-0.2, -0.15) is 0 Å². The smallest absolute Gasteiger partial charge is 0.231 e. The van der Waals surface area contributed by atoms with Gasteiger partial charge in [-0.05, 0) is 17.7 Å². The number of benzene rings is 1. The highest BCUT2D eigenvalue weighted by atomic mass is 127. The Balaban J connectivity index is 0.00000162. The van der Waals surface area contributed by atoms with Crippen molar-refractivity contribution in [2.75, 3.05) is 13.3 Å². The van der Waals surface area contributed by atoms with Gasteiger partial charge in [0.1, 0.15) is 0 Å². The highest BCUT2D eigenvalue weighted by Gasteiger charge is 2.12. The summed E-state index contributed by atoms with van der Waals surface area (Å²) in [6.07, 6.45) is 1.73. The van der Waals surface area contributed by atoms with E-state index in [2.05, 4.69) is 16.9 Å². The number of fused-ring (bicyclic) bond motifs is 1. The second kappa shape index (κ2) is 7.10. The quantitative estimate of drug-likeness (QED) is 0.370. The maximum atomic E-state index is 5.66. The first-order chi connectivity index (χ1) is 8.29. The zero-order chi connectivity index (χ0) is 12.1. The van der Waals surface area contributed by atoms with Crippen LogP contribution < -0.4 is 20.5 Å². The van der Waals surface area contributed by atoms with Gasteiger partial charge in [0.2, 0.25) is 6.79 Å². The van der Waals surface area contributed by atoms with Gasteiger partial charge in [0.05, 0.1) is 6.54 Å². The van der Waals surface area contributed by atoms with Crippen molar-refractivity contribution in [3.63, 3.8) is 0 Å². The minimum atomic E-state index is 0. The summed E-state index contributed by atoms with van der Waals surface area (Å²) in [5, 5.41) is 2.91. The Bertz CT molecular complexity index is 449. The second-order valence-electron chi connectivity index (χ2n) is 3.56. The van der Waals surface area contributed by atoms with E-state index in [0.717, 1.165) is 17.1 Å². The lowest BCUT2D eigenvalue weighted by Crippen LogP contribution is -2.31. The molecule has 0 atom stereocenters. The maximum absolute atomic E-state index is 5.66. The van der Waals surface area contributed by atoms with Gasteiger partial charge in [-0.3, -0.25) is 0 Å². The summed E-state index contributed by atoms with van der Waals surface area (Å²) in [4.78, 5) is 4.20. The first kappa shape index (κ1) is 14.6. The standard InChI is InChI=1S/C12H15N3O2.HI/c1-2-5-14-12(13)15-7-9-3-4-10-11(6-9)17-8-16-10;/h2-4,6H,1,5,7-8H2,(H3,13,14,15);1H. The fourth-order valence-corrected chi connectivity index (χ4v) is 1.45. The summed E-state index contributed by atoms with van der Waals surface area (Å²) in [7, 11) is 0. The number of halogens is 1. The Hall–Kier alpha value is -1.44. The van der Waals surface area contributed by atoms with Crippen molar-refractivity contribution >= 4 is 29.9 Å². The van der Waals surface area contributed by atoms with Crippen LogP contribution in [0.15, 0.2) is 35.8 Å². The lowest BCUT2D eigenvalue weighted by atomic mass is 10.2. The molecule has 18 heavy (non-hydrogen) atoms. The Kier molecular flexibility index (Phi) is 5.76. The molecule has 0 aliphatic carbocycles. The van der Waals surface area contributed by atoms with Crippen molar-refractivity contribution in [3.8, 4) is 11.5 Å². The molecule has 98 valence electrons. The van der Waals surface area contributed by atoms with Gasteiger partial charge in [-0.15, -0.1) is 30.6 Å². The molecular weight excluding hydrogens is 345 g/mol. The van der Waals surface area contributed by atoms with Gasteiger partial charge in [-0.1, -0.05) is 12.1 Å². The minimum absolute atomic E-state index is 0. The Morgan fingerprint density at radius 3 is 3.00 bits per heavy atom. The molecule has 0 bridgehead atoms. The molecule has 3 N–H and O–H groups in total. The van der Waals surface area contributed by atoms with E-state index >= 15 is 0 Å². The number of nitrogens with two attached hydrogens (primary N) is 1. The lowest BCUT2D eigenvalue weighted by molar-refractivity contribution is 0.174. The molecule has 1 aromatic carbocycles. The molecule has 1 aliphatic rings. The molecule has 6 heteroatoms. The van der Waals surface area contributed by atoms with Crippen LogP contribution in [0.4, 0.5) is 0 Å². The topological polar surface area (TPSA) is 68.9 Å². The van der Waals surface area contributed by atoms with Crippen molar-refractivity contribution in [2.45, 2.75) is 6.54 Å². The molecule has 0 radical (unpaired) electrons. The third-order valence-electron chi connectivity index (χ3n) is 2.30. The maximum Gasteiger partial charge on any atom is 0.231 e. The third-order valence-corrected chi connectivity index (χ3v) is 2.30. The number of hydrogen-bond acceptors (Lipinski definition) is 3. The number of guanidine groups is 1. The van der Waals surface area contributed by atoms with Crippen molar-refractivity contribution < 1.29 is 9.47 Å². The number of rotatable bonds is 4. The van der Waals surface area contributed by atoms with Crippen LogP contribution in [0.1, 0.15) is 5.56 Å². The number of hydrogen-bond donors (Lipinski definition) is 2. The first-order valence-electron chi connectivity index (χ1n) is 5.33. The minimum Gasteiger partial charge on any atom is -0.454 e. The molecule has 0 aromatic heterocycles. The third kappa shape index (κ3) is 3.80. The van der Waals surface area contributed by atoms with Crippen LogP contribution in [0.25, 0.3) is 0 Å². The van der Waals surface area contributed by atoms with Crippen molar-refractivity contribution in [1.29, 1.82) is 0 Å². The molecule has 0 saturated heterocycles. The van der Waals surface area contributed by atoms with Crippen LogP contribution in [-0.4, -0.2) is 19.3 Å². The zero-order valence-corrected chi connectivity index (χ0v) is 12.2. The molecular formula is C12H16IN3O2. The molecule has 0 fully saturated rings. The summed E-state index contributed by atoms with van der Waals surface area (Å²) >= 11 is 0. The normalized spacial score (nSPS) is 12.8. The van der Waals surface area contributed by atoms with Crippen LogP contribution in [0.3, 0.4) is 0 Å². The highest BCUT2D eigenvalue weighted by molar-refractivity contribution is 14.0. The Morgan fingerprint density at radius 1 is 1.44 bits per heavy atom. The predicted molar refractivity (Wildman–Crippen MR) is 81.5 cm³/mol. The van der Waals surface area contributed by atoms with Gasteiger partial charge in [0.15, 0.2) is 17.5 Å². The van der Waals surface area contributed by atoms with Crippen LogP contribution >= 0.6 is 24.0 Å². The molecule has 1 heterocycles. The van der Waals surface area contributed by atoms with Gasteiger partial charge >= 0.3 is 0 Å². The van der Waals surface area contributed by atoms with E-state index in [4.69, 9.17) is 15.2 Å². The number of nitrogens with zero attached hydrogens (tertiary/aromatic N) is 1. The molecule has 1 aliphatic heterocycles. The molecule has 1 aromatic rings. The van der Waals surface area contributed by atoms with Crippen LogP contribution in [0, 0.1) is 0 Å². The first-order valence-corrected chi connectivity index (χ1v) is 5.33. The summed E-state index contributed by atoms with van der Waals surface area (Å²) in [5.41, 5.74) is 6.68. The van der Waals surface area contributed by atoms with E-state index < -0.39 is 0 Å². The van der Waals surface area contributed by atoms with E-state index in [1.807, 2.05) is 18.2 Å². The monoisotopic (exact) mass is 361 g/mol. The second-order valence-corrected chi connectivity index (χ2v) is 3.56.